The minimum absolute atomic E-state index is 0.0363. The number of rotatable bonds is 3. The Bertz CT molecular complexity index is 1020. The van der Waals surface area contributed by atoms with Gasteiger partial charge < -0.3 is 4.98 Å². The number of thiophene rings is 1. The van der Waals surface area contributed by atoms with E-state index in [0.29, 0.717) is 5.56 Å². The standard InChI is InChI=1S/C16H13F3N2O2S2/c1-9-12(7-8-24-9)15-20-13(14(21-15)16(17,18)19)10-3-5-11(6-4-10)25(2,22)23/h3-8H,1-2H3,(H,20,21). The van der Waals surface area contributed by atoms with Crippen LogP contribution in [0.4, 0.5) is 13.2 Å². The molecule has 132 valence electrons. The van der Waals surface area contributed by atoms with Gasteiger partial charge in [0.2, 0.25) is 0 Å². The zero-order valence-corrected chi connectivity index (χ0v) is 14.8. The Kier molecular flexibility index (Phi) is 4.24. The van der Waals surface area contributed by atoms with Crippen molar-refractivity contribution in [2.75, 3.05) is 6.26 Å². The van der Waals surface area contributed by atoms with Crippen molar-refractivity contribution in [2.24, 2.45) is 0 Å². The predicted octanol–water partition coefficient (Wildman–Crippen LogP) is 4.54. The molecule has 9 heteroatoms. The van der Waals surface area contributed by atoms with Crippen LogP contribution in [-0.4, -0.2) is 24.6 Å². The lowest BCUT2D eigenvalue weighted by atomic mass is 10.1. The first kappa shape index (κ1) is 17.7. The molecule has 2 aromatic heterocycles. The molecule has 0 spiro atoms. The van der Waals surface area contributed by atoms with Crippen molar-refractivity contribution in [3.63, 3.8) is 0 Å². The quantitative estimate of drug-likeness (QED) is 0.719. The fourth-order valence-electron chi connectivity index (χ4n) is 2.41. The summed E-state index contributed by atoms with van der Waals surface area (Å²) in [6, 6.07) is 6.90. The normalized spacial score (nSPS) is 12.5. The molecule has 0 aliphatic heterocycles. The first-order valence-corrected chi connectivity index (χ1v) is 9.86. The van der Waals surface area contributed by atoms with Gasteiger partial charge in [-0.1, -0.05) is 12.1 Å². The van der Waals surface area contributed by atoms with Crippen molar-refractivity contribution in [1.82, 2.24) is 9.97 Å². The van der Waals surface area contributed by atoms with Crippen molar-refractivity contribution < 1.29 is 21.6 Å². The summed E-state index contributed by atoms with van der Waals surface area (Å²) in [5, 5.41) is 1.78. The third-order valence-corrected chi connectivity index (χ3v) is 5.63. The highest BCUT2D eigenvalue weighted by Gasteiger charge is 2.37. The first-order valence-electron chi connectivity index (χ1n) is 7.09. The van der Waals surface area contributed by atoms with Crippen LogP contribution in [0.1, 0.15) is 10.6 Å². The molecule has 1 aromatic carbocycles. The summed E-state index contributed by atoms with van der Waals surface area (Å²) in [6.45, 7) is 1.80. The highest BCUT2D eigenvalue weighted by Crippen LogP contribution is 2.38. The number of aromatic nitrogens is 2. The summed E-state index contributed by atoms with van der Waals surface area (Å²) in [5.41, 5.74) is -0.419. The maximum atomic E-state index is 13.4. The smallest absolute Gasteiger partial charge is 0.334 e. The average molecular weight is 386 g/mol. The zero-order valence-electron chi connectivity index (χ0n) is 13.2. The van der Waals surface area contributed by atoms with Gasteiger partial charge in [-0.25, -0.2) is 13.4 Å². The number of hydrogen-bond acceptors (Lipinski definition) is 4. The molecule has 0 radical (unpaired) electrons. The second kappa shape index (κ2) is 5.99. The average Bonchev–Trinajstić information content (AvgIpc) is 3.12. The highest BCUT2D eigenvalue weighted by molar-refractivity contribution is 7.90. The number of H-pyrrole nitrogens is 1. The minimum atomic E-state index is -4.61. The minimum Gasteiger partial charge on any atom is -0.334 e. The van der Waals surface area contributed by atoms with Crippen LogP contribution >= 0.6 is 11.3 Å². The number of imidazole rings is 1. The van der Waals surface area contributed by atoms with Gasteiger partial charge in [0.15, 0.2) is 9.84 Å². The molecule has 0 saturated carbocycles. The Morgan fingerprint density at radius 2 is 1.76 bits per heavy atom. The van der Waals surface area contributed by atoms with Gasteiger partial charge in [-0.2, -0.15) is 13.2 Å². The van der Waals surface area contributed by atoms with E-state index < -0.39 is 21.7 Å². The lowest BCUT2D eigenvalue weighted by Gasteiger charge is -2.07. The van der Waals surface area contributed by atoms with Crippen molar-refractivity contribution in [3.05, 3.63) is 46.3 Å². The van der Waals surface area contributed by atoms with E-state index >= 15 is 0 Å². The largest absolute Gasteiger partial charge is 0.433 e. The van der Waals surface area contributed by atoms with Crippen LogP contribution in [0.5, 0.6) is 0 Å². The molecule has 0 atom stereocenters. The van der Waals surface area contributed by atoms with Crippen LogP contribution in [0.3, 0.4) is 0 Å². The number of alkyl halides is 3. The number of aromatic amines is 1. The number of sulfone groups is 1. The van der Waals surface area contributed by atoms with Crippen LogP contribution in [0, 0.1) is 6.92 Å². The number of aryl methyl sites for hydroxylation is 1. The third kappa shape index (κ3) is 3.47. The van der Waals surface area contributed by atoms with Gasteiger partial charge in [-0.3, -0.25) is 0 Å². The molecule has 0 amide bonds. The van der Waals surface area contributed by atoms with Gasteiger partial charge in [0.1, 0.15) is 17.2 Å². The maximum absolute atomic E-state index is 13.4. The number of nitrogens with one attached hydrogen (secondary N) is 1. The first-order chi connectivity index (χ1) is 11.6. The summed E-state index contributed by atoms with van der Waals surface area (Å²) >= 11 is 1.41. The number of benzene rings is 1. The second-order valence-corrected chi connectivity index (χ2v) is 8.63. The van der Waals surface area contributed by atoms with E-state index in [9.17, 15) is 21.6 Å². The Hall–Kier alpha value is -2.13. The monoisotopic (exact) mass is 386 g/mol. The molecule has 2 heterocycles. The molecule has 4 nitrogen and oxygen atoms in total. The SMILES string of the molecule is Cc1sccc1-c1nc(-c2ccc(S(C)(=O)=O)cc2)c(C(F)(F)F)[nH]1. The Morgan fingerprint density at radius 1 is 1.12 bits per heavy atom. The maximum Gasteiger partial charge on any atom is 0.433 e. The molecule has 3 aromatic rings. The highest BCUT2D eigenvalue weighted by atomic mass is 32.2. The zero-order chi connectivity index (χ0) is 18.4. The van der Waals surface area contributed by atoms with Crippen molar-refractivity contribution in [3.8, 4) is 22.6 Å². The molecule has 0 bridgehead atoms. The van der Waals surface area contributed by atoms with Crippen LogP contribution in [-0.2, 0) is 16.0 Å². The molecule has 0 saturated heterocycles. The molecular weight excluding hydrogens is 373 g/mol. The Balaban J connectivity index is 2.15. The van der Waals surface area contributed by atoms with Crippen LogP contribution in [0.15, 0.2) is 40.6 Å². The van der Waals surface area contributed by atoms with Crippen molar-refractivity contribution >= 4 is 21.2 Å². The summed E-state index contributed by atoms with van der Waals surface area (Å²) in [7, 11) is -3.43. The molecular formula is C16H13F3N2O2S2. The molecule has 0 fully saturated rings. The Morgan fingerprint density at radius 3 is 2.24 bits per heavy atom. The van der Waals surface area contributed by atoms with Crippen molar-refractivity contribution in [1.29, 1.82) is 0 Å². The lowest BCUT2D eigenvalue weighted by molar-refractivity contribution is -0.140. The van der Waals surface area contributed by atoms with Crippen molar-refractivity contribution in [2.45, 2.75) is 18.0 Å². The predicted molar refractivity (Wildman–Crippen MR) is 90.2 cm³/mol. The van der Waals surface area contributed by atoms with E-state index in [1.54, 1.807) is 18.4 Å². The fraction of sp³-hybridized carbons (Fsp3) is 0.188. The molecule has 3 rings (SSSR count). The molecule has 1 N–H and O–H groups in total. The van der Waals surface area contributed by atoms with Crippen LogP contribution in [0.25, 0.3) is 22.6 Å². The molecule has 0 aliphatic rings. The van der Waals surface area contributed by atoms with E-state index in [1.165, 1.54) is 35.6 Å². The lowest BCUT2D eigenvalue weighted by Crippen LogP contribution is -2.07. The van der Waals surface area contributed by atoms with Gasteiger partial charge in [0.25, 0.3) is 0 Å². The van der Waals surface area contributed by atoms with E-state index in [2.05, 4.69) is 9.97 Å². The van der Waals surface area contributed by atoms with E-state index in [0.717, 1.165) is 11.1 Å². The summed E-state index contributed by atoms with van der Waals surface area (Å²) in [4.78, 5) is 7.37. The fourth-order valence-corrected chi connectivity index (χ4v) is 3.74. The van der Waals surface area contributed by atoms with Gasteiger partial charge in [-0.15, -0.1) is 11.3 Å². The topological polar surface area (TPSA) is 62.8 Å². The van der Waals surface area contributed by atoms with Gasteiger partial charge in [-0.05, 0) is 30.5 Å². The van der Waals surface area contributed by atoms with E-state index in [-0.39, 0.29) is 22.0 Å². The number of nitrogens with zero attached hydrogens (tertiary/aromatic N) is 1. The van der Waals surface area contributed by atoms with E-state index in [1.807, 2.05) is 0 Å². The number of hydrogen-bond donors (Lipinski definition) is 1. The van der Waals surface area contributed by atoms with Gasteiger partial charge >= 0.3 is 6.18 Å². The molecule has 0 unspecified atom stereocenters. The summed E-state index contributed by atoms with van der Waals surface area (Å²) < 4.78 is 63.2. The second-order valence-electron chi connectivity index (χ2n) is 5.49. The Labute approximate surface area is 146 Å². The number of halogens is 3. The summed E-state index contributed by atoms with van der Waals surface area (Å²) in [6.07, 6.45) is -3.57. The van der Waals surface area contributed by atoms with Gasteiger partial charge in [0.05, 0.1) is 4.90 Å². The van der Waals surface area contributed by atoms with E-state index in [4.69, 9.17) is 0 Å². The van der Waals surface area contributed by atoms with Gasteiger partial charge in [0, 0.05) is 22.3 Å². The van der Waals surface area contributed by atoms with Crippen LogP contribution in [0.2, 0.25) is 0 Å². The molecule has 0 aliphatic carbocycles. The third-order valence-electron chi connectivity index (χ3n) is 3.66. The van der Waals surface area contributed by atoms with Crippen LogP contribution < -0.4 is 0 Å². The molecule has 25 heavy (non-hydrogen) atoms. The summed E-state index contributed by atoms with van der Waals surface area (Å²) in [5.74, 6) is 0.133.